The van der Waals surface area contributed by atoms with Gasteiger partial charge in [0.2, 0.25) is 0 Å². The maximum atomic E-state index is 12.0. The van der Waals surface area contributed by atoms with E-state index in [4.69, 9.17) is 0 Å². The summed E-state index contributed by atoms with van der Waals surface area (Å²) in [4.78, 5) is 14.3. The lowest BCUT2D eigenvalue weighted by Gasteiger charge is -2.29. The third-order valence-corrected chi connectivity index (χ3v) is 4.21. The maximum Gasteiger partial charge on any atom is 0.315 e. The summed E-state index contributed by atoms with van der Waals surface area (Å²) in [5, 5.41) is 10.2. The van der Waals surface area contributed by atoms with Crippen LogP contribution in [0.3, 0.4) is 0 Å². The van der Waals surface area contributed by atoms with Crippen LogP contribution in [-0.2, 0) is 6.54 Å². The van der Waals surface area contributed by atoms with Gasteiger partial charge >= 0.3 is 6.03 Å². The van der Waals surface area contributed by atoms with Gasteiger partial charge in [-0.25, -0.2) is 9.48 Å². The van der Waals surface area contributed by atoms with Gasteiger partial charge in [0.05, 0.1) is 5.69 Å². The molecule has 0 spiro atoms. The molecule has 1 aromatic heterocycles. The first-order valence-corrected chi connectivity index (χ1v) is 8.02. The Bertz CT molecular complexity index is 615. The third-order valence-electron chi connectivity index (χ3n) is 4.21. The number of hydrogen-bond donors (Lipinski definition) is 2. The Balaban J connectivity index is 1.45. The number of likely N-dealkylation sites (tertiary alicyclic amines) is 1. The maximum absolute atomic E-state index is 12.0. The third kappa shape index (κ3) is 4.32. The van der Waals surface area contributed by atoms with E-state index in [1.165, 1.54) is 0 Å². The van der Waals surface area contributed by atoms with Gasteiger partial charge in [-0.05, 0) is 56.7 Å². The van der Waals surface area contributed by atoms with E-state index in [0.29, 0.717) is 6.54 Å². The molecule has 0 saturated carbocycles. The van der Waals surface area contributed by atoms with Crippen molar-refractivity contribution in [3.05, 3.63) is 48.3 Å². The second-order valence-corrected chi connectivity index (χ2v) is 6.02. The highest BCUT2D eigenvalue weighted by atomic mass is 16.2. The highest BCUT2D eigenvalue weighted by Gasteiger charge is 2.17. The predicted octanol–water partition coefficient (Wildman–Crippen LogP) is 1.77. The fourth-order valence-corrected chi connectivity index (χ4v) is 2.76. The van der Waals surface area contributed by atoms with Crippen molar-refractivity contribution >= 4 is 6.03 Å². The quantitative estimate of drug-likeness (QED) is 0.904. The molecule has 0 atom stereocenters. The Hall–Kier alpha value is -2.34. The lowest BCUT2D eigenvalue weighted by Crippen LogP contribution is -2.46. The number of urea groups is 1. The molecule has 2 N–H and O–H groups in total. The van der Waals surface area contributed by atoms with Crippen LogP contribution in [0.1, 0.15) is 18.4 Å². The topological polar surface area (TPSA) is 62.2 Å². The average molecular weight is 313 g/mol. The minimum atomic E-state index is -0.0873. The molecule has 1 aliphatic heterocycles. The first-order valence-electron chi connectivity index (χ1n) is 8.02. The van der Waals surface area contributed by atoms with Crippen molar-refractivity contribution in [2.75, 3.05) is 20.1 Å². The van der Waals surface area contributed by atoms with Gasteiger partial charge in [0.25, 0.3) is 0 Å². The predicted molar refractivity (Wildman–Crippen MR) is 89.5 cm³/mol. The highest BCUT2D eigenvalue weighted by molar-refractivity contribution is 5.74. The Morgan fingerprint density at radius 1 is 1.26 bits per heavy atom. The molecule has 0 bridgehead atoms. The Morgan fingerprint density at radius 2 is 2.00 bits per heavy atom. The first-order chi connectivity index (χ1) is 11.2. The van der Waals surface area contributed by atoms with Gasteiger partial charge in [0, 0.05) is 25.0 Å². The number of amides is 2. The molecule has 1 fully saturated rings. The molecule has 6 nitrogen and oxygen atoms in total. The highest BCUT2D eigenvalue weighted by Crippen LogP contribution is 2.09. The fraction of sp³-hybridized carbons (Fsp3) is 0.412. The fourth-order valence-electron chi connectivity index (χ4n) is 2.76. The van der Waals surface area contributed by atoms with Crippen LogP contribution in [0.5, 0.6) is 0 Å². The van der Waals surface area contributed by atoms with Crippen molar-refractivity contribution in [3.63, 3.8) is 0 Å². The Kier molecular flexibility index (Phi) is 4.92. The zero-order chi connectivity index (χ0) is 16.1. The molecule has 0 radical (unpaired) electrons. The van der Waals surface area contributed by atoms with E-state index in [9.17, 15) is 4.79 Å². The molecular formula is C17H23N5O. The molecule has 0 aliphatic carbocycles. The standard InChI is InChI=1S/C17H23N5O/c1-21-11-7-15(8-12-21)20-17(23)18-13-14-3-5-16(6-4-14)22-10-2-9-19-22/h2-6,9-10,15H,7-8,11-13H2,1H3,(H2,18,20,23). The minimum absolute atomic E-state index is 0.0873. The zero-order valence-electron chi connectivity index (χ0n) is 13.4. The molecule has 2 heterocycles. The van der Waals surface area contributed by atoms with Crippen LogP contribution in [0.25, 0.3) is 5.69 Å². The average Bonchev–Trinajstić information content (AvgIpc) is 3.10. The largest absolute Gasteiger partial charge is 0.335 e. The molecule has 23 heavy (non-hydrogen) atoms. The zero-order valence-corrected chi connectivity index (χ0v) is 13.4. The molecular weight excluding hydrogens is 290 g/mol. The summed E-state index contributed by atoms with van der Waals surface area (Å²) in [7, 11) is 2.11. The summed E-state index contributed by atoms with van der Waals surface area (Å²) in [5.74, 6) is 0. The van der Waals surface area contributed by atoms with E-state index >= 15 is 0 Å². The minimum Gasteiger partial charge on any atom is -0.335 e. The van der Waals surface area contributed by atoms with E-state index in [0.717, 1.165) is 37.2 Å². The molecule has 2 aromatic rings. The van der Waals surface area contributed by atoms with Crippen molar-refractivity contribution in [2.24, 2.45) is 0 Å². The van der Waals surface area contributed by atoms with Crippen LogP contribution < -0.4 is 10.6 Å². The van der Waals surface area contributed by atoms with E-state index in [1.54, 1.807) is 6.20 Å². The summed E-state index contributed by atoms with van der Waals surface area (Å²) in [6, 6.07) is 10.1. The van der Waals surface area contributed by atoms with Gasteiger partial charge in [0.1, 0.15) is 0 Å². The van der Waals surface area contributed by atoms with Crippen molar-refractivity contribution in [1.82, 2.24) is 25.3 Å². The number of benzene rings is 1. The normalized spacial score (nSPS) is 16.2. The van der Waals surface area contributed by atoms with Crippen molar-refractivity contribution in [2.45, 2.75) is 25.4 Å². The number of nitrogens with zero attached hydrogens (tertiary/aromatic N) is 3. The second-order valence-electron chi connectivity index (χ2n) is 6.02. The Labute approximate surface area is 136 Å². The number of carbonyl (C=O) groups is 1. The second kappa shape index (κ2) is 7.28. The molecule has 1 aliphatic rings. The van der Waals surface area contributed by atoms with Crippen LogP contribution in [0.4, 0.5) is 4.79 Å². The lowest BCUT2D eigenvalue weighted by atomic mass is 10.1. The van der Waals surface area contributed by atoms with E-state index in [-0.39, 0.29) is 12.1 Å². The molecule has 2 amide bonds. The van der Waals surface area contributed by atoms with Crippen LogP contribution in [0, 0.1) is 0 Å². The summed E-state index contributed by atoms with van der Waals surface area (Å²) < 4.78 is 1.81. The summed E-state index contributed by atoms with van der Waals surface area (Å²) >= 11 is 0. The first kappa shape index (κ1) is 15.6. The van der Waals surface area contributed by atoms with Crippen LogP contribution in [-0.4, -0.2) is 46.9 Å². The number of aromatic nitrogens is 2. The van der Waals surface area contributed by atoms with Gasteiger partial charge in [-0.1, -0.05) is 12.1 Å². The monoisotopic (exact) mass is 313 g/mol. The van der Waals surface area contributed by atoms with Crippen LogP contribution in [0.15, 0.2) is 42.7 Å². The number of hydrogen-bond acceptors (Lipinski definition) is 3. The van der Waals surface area contributed by atoms with Gasteiger partial charge < -0.3 is 15.5 Å². The van der Waals surface area contributed by atoms with Crippen molar-refractivity contribution in [1.29, 1.82) is 0 Å². The summed E-state index contributed by atoms with van der Waals surface area (Å²) in [5.41, 5.74) is 2.08. The van der Waals surface area contributed by atoms with Gasteiger partial charge in [0.15, 0.2) is 0 Å². The van der Waals surface area contributed by atoms with E-state index < -0.39 is 0 Å². The molecule has 0 unspecified atom stereocenters. The Morgan fingerprint density at radius 3 is 2.65 bits per heavy atom. The molecule has 122 valence electrons. The van der Waals surface area contributed by atoms with Crippen LogP contribution in [0.2, 0.25) is 0 Å². The van der Waals surface area contributed by atoms with Gasteiger partial charge in [-0.3, -0.25) is 0 Å². The van der Waals surface area contributed by atoms with E-state index in [2.05, 4.69) is 27.7 Å². The smallest absolute Gasteiger partial charge is 0.315 e. The number of nitrogens with one attached hydrogen (secondary N) is 2. The van der Waals surface area contributed by atoms with E-state index in [1.807, 2.05) is 41.2 Å². The molecule has 3 rings (SSSR count). The van der Waals surface area contributed by atoms with Gasteiger partial charge in [-0.15, -0.1) is 0 Å². The summed E-state index contributed by atoms with van der Waals surface area (Å²) in [6.45, 7) is 2.61. The summed E-state index contributed by atoms with van der Waals surface area (Å²) in [6.07, 6.45) is 5.69. The SMILES string of the molecule is CN1CCC(NC(=O)NCc2ccc(-n3cccn3)cc2)CC1. The number of rotatable bonds is 4. The number of piperidine rings is 1. The lowest BCUT2D eigenvalue weighted by molar-refractivity contribution is 0.213. The van der Waals surface area contributed by atoms with Crippen molar-refractivity contribution in [3.8, 4) is 5.69 Å². The molecule has 6 heteroatoms. The van der Waals surface area contributed by atoms with Crippen molar-refractivity contribution < 1.29 is 4.79 Å². The van der Waals surface area contributed by atoms with Crippen LogP contribution >= 0.6 is 0 Å². The number of carbonyl (C=O) groups excluding carboxylic acids is 1. The molecule has 1 aromatic carbocycles. The van der Waals surface area contributed by atoms with Gasteiger partial charge in [-0.2, -0.15) is 5.10 Å². The molecule has 1 saturated heterocycles.